The van der Waals surface area contributed by atoms with Gasteiger partial charge in [-0.1, -0.05) is 41.4 Å². The second-order valence-electron chi connectivity index (χ2n) is 6.98. The molecule has 0 bridgehead atoms. The Kier molecular flexibility index (Phi) is 4.28. The van der Waals surface area contributed by atoms with Crippen molar-refractivity contribution in [3.63, 3.8) is 0 Å². The van der Waals surface area contributed by atoms with Gasteiger partial charge >= 0.3 is 11.9 Å². The van der Waals surface area contributed by atoms with Crippen molar-refractivity contribution in [3.05, 3.63) is 80.8 Å². The summed E-state index contributed by atoms with van der Waals surface area (Å²) in [5, 5.41) is 19.2. The van der Waals surface area contributed by atoms with E-state index in [1.54, 1.807) is 24.3 Å². The largest absolute Gasteiger partial charge is 0.506 e. The Balaban J connectivity index is 1.80. The highest BCUT2D eigenvalue weighted by Gasteiger charge is 2.54. The quantitative estimate of drug-likeness (QED) is 0.546. The molecule has 1 unspecified atom stereocenters. The van der Waals surface area contributed by atoms with Crippen LogP contribution in [0.15, 0.2) is 48.5 Å². The number of phenolic OH excluding ortho intramolecular Hbond substituents is 1. The van der Waals surface area contributed by atoms with Crippen LogP contribution in [0.2, 0.25) is 10.0 Å². The zero-order valence-electron chi connectivity index (χ0n) is 15.5. The molecule has 0 saturated carbocycles. The van der Waals surface area contributed by atoms with Crippen LogP contribution in [0.3, 0.4) is 0 Å². The van der Waals surface area contributed by atoms with Crippen LogP contribution in [0.25, 0.3) is 0 Å². The van der Waals surface area contributed by atoms with E-state index in [0.29, 0.717) is 22.3 Å². The van der Waals surface area contributed by atoms with E-state index in [9.17, 15) is 14.7 Å². The molecule has 2 N–H and O–H groups in total. The molecule has 0 amide bonds. The molecule has 7 nitrogen and oxygen atoms in total. The van der Waals surface area contributed by atoms with Crippen molar-refractivity contribution in [1.29, 1.82) is 0 Å². The van der Waals surface area contributed by atoms with Gasteiger partial charge in [0.1, 0.15) is 23.0 Å². The second-order valence-corrected chi connectivity index (χ2v) is 7.79. The summed E-state index contributed by atoms with van der Waals surface area (Å²) in [6, 6.07) is 12.6. The lowest BCUT2D eigenvalue weighted by Gasteiger charge is -2.37. The summed E-state index contributed by atoms with van der Waals surface area (Å²) in [4.78, 5) is 23.7. The Labute approximate surface area is 185 Å². The normalized spacial score (nSPS) is 17.9. The molecule has 1 atom stereocenters. The van der Waals surface area contributed by atoms with Crippen molar-refractivity contribution < 1.29 is 34.0 Å². The van der Waals surface area contributed by atoms with Gasteiger partial charge in [0.05, 0.1) is 15.6 Å². The summed E-state index contributed by atoms with van der Waals surface area (Å²) in [6.07, 6.45) is 0. The molecule has 3 aromatic carbocycles. The first-order valence-corrected chi connectivity index (χ1v) is 9.79. The molecule has 156 valence electrons. The van der Waals surface area contributed by atoms with E-state index in [0.717, 1.165) is 0 Å². The summed E-state index contributed by atoms with van der Waals surface area (Å²) >= 11 is 12.6. The van der Waals surface area contributed by atoms with Gasteiger partial charge in [0.2, 0.25) is 0 Å². The van der Waals surface area contributed by atoms with Crippen LogP contribution in [0, 0.1) is 0 Å². The molecule has 0 aliphatic carbocycles. The third-order valence-electron chi connectivity index (χ3n) is 5.18. The van der Waals surface area contributed by atoms with Gasteiger partial charge in [-0.15, -0.1) is 0 Å². The number of benzene rings is 3. The van der Waals surface area contributed by atoms with Crippen molar-refractivity contribution >= 4 is 35.1 Å². The van der Waals surface area contributed by atoms with Gasteiger partial charge in [0.15, 0.2) is 12.2 Å². The maximum Gasteiger partial charge on any atom is 0.341 e. The number of fused-ring (bicyclic) bond motifs is 6. The molecule has 9 heteroatoms. The van der Waals surface area contributed by atoms with Crippen molar-refractivity contribution in [3.8, 4) is 23.0 Å². The number of hydrogen-bond acceptors (Lipinski definition) is 6. The molecule has 2 heterocycles. The highest BCUT2D eigenvalue weighted by atomic mass is 35.5. The van der Waals surface area contributed by atoms with Crippen molar-refractivity contribution in [2.24, 2.45) is 0 Å². The first-order chi connectivity index (χ1) is 14.8. The number of ether oxygens (including phenoxy) is 3. The molecule has 0 saturated heterocycles. The molecule has 0 radical (unpaired) electrons. The summed E-state index contributed by atoms with van der Waals surface area (Å²) in [6.45, 7) is -0.603. The van der Waals surface area contributed by atoms with Gasteiger partial charge in [0.25, 0.3) is 0 Å². The average molecular weight is 459 g/mol. The first-order valence-electron chi connectivity index (χ1n) is 9.03. The molecule has 31 heavy (non-hydrogen) atoms. The number of carboxylic acid groups (broad SMARTS) is 1. The van der Waals surface area contributed by atoms with E-state index >= 15 is 0 Å². The molecule has 0 fully saturated rings. The van der Waals surface area contributed by atoms with Gasteiger partial charge in [-0.25, -0.2) is 9.59 Å². The summed E-state index contributed by atoms with van der Waals surface area (Å²) in [7, 11) is 0. The fraction of sp³-hybridized carbons (Fsp3) is 0.0909. The number of carbonyl (C=O) groups is 2. The number of hydrogen-bond donors (Lipinski definition) is 2. The Morgan fingerprint density at radius 1 is 1.00 bits per heavy atom. The smallest absolute Gasteiger partial charge is 0.341 e. The lowest BCUT2D eigenvalue weighted by Crippen LogP contribution is -2.33. The van der Waals surface area contributed by atoms with Crippen LogP contribution in [-0.4, -0.2) is 28.8 Å². The molecular weight excluding hydrogens is 447 g/mol. The number of phenols is 1. The SMILES string of the molecule is O=C(O)COc1cc2c(cc1Cl)C1(OC(=O)c3ccccc31)c1cc(Cl)c(O)cc1O2. The molecular formula is C22H12Cl2O7. The molecule has 2 aliphatic heterocycles. The summed E-state index contributed by atoms with van der Waals surface area (Å²) in [5.74, 6) is -1.41. The zero-order valence-corrected chi connectivity index (χ0v) is 17.0. The minimum atomic E-state index is -1.43. The van der Waals surface area contributed by atoms with Crippen LogP contribution < -0.4 is 9.47 Å². The molecule has 0 aromatic heterocycles. The average Bonchev–Trinajstić information content (AvgIpc) is 3.03. The number of carbonyl (C=O) groups excluding carboxylic acids is 1. The predicted octanol–water partition coefficient (Wildman–Crippen LogP) is 4.73. The Hall–Kier alpha value is -3.42. The standard InChI is InChI=1S/C22H12Cl2O7/c23-14-5-12-17(7-16(14)25)30-18-8-19(29-9-20(26)27)15(24)6-13(18)22(12)11-4-2-1-3-10(11)21(28)31-22/h1-8,25H,9H2,(H,26,27). The van der Waals surface area contributed by atoms with Gasteiger partial charge < -0.3 is 24.4 Å². The van der Waals surface area contributed by atoms with Gasteiger partial charge in [0, 0.05) is 28.8 Å². The number of aromatic hydroxyl groups is 1. The van der Waals surface area contributed by atoms with Crippen molar-refractivity contribution in [1.82, 2.24) is 0 Å². The third-order valence-corrected chi connectivity index (χ3v) is 5.78. The van der Waals surface area contributed by atoms with Crippen LogP contribution in [0.1, 0.15) is 27.0 Å². The molecule has 2 aliphatic rings. The summed E-state index contributed by atoms with van der Waals surface area (Å²) in [5.41, 5.74) is 0.322. The van der Waals surface area contributed by atoms with E-state index in [1.165, 1.54) is 24.3 Å². The van der Waals surface area contributed by atoms with Gasteiger partial charge in [-0.3, -0.25) is 0 Å². The Morgan fingerprint density at radius 2 is 1.68 bits per heavy atom. The fourth-order valence-electron chi connectivity index (χ4n) is 3.93. The van der Waals surface area contributed by atoms with Crippen molar-refractivity contribution in [2.45, 2.75) is 5.60 Å². The van der Waals surface area contributed by atoms with E-state index in [2.05, 4.69) is 0 Å². The monoisotopic (exact) mass is 458 g/mol. The predicted molar refractivity (Wildman–Crippen MR) is 110 cm³/mol. The van der Waals surface area contributed by atoms with Gasteiger partial charge in [-0.05, 0) is 18.2 Å². The van der Waals surface area contributed by atoms with Gasteiger partial charge in [-0.2, -0.15) is 0 Å². The Morgan fingerprint density at radius 3 is 2.42 bits per heavy atom. The first kappa shape index (κ1) is 19.5. The van der Waals surface area contributed by atoms with E-state index in [-0.39, 0.29) is 33.0 Å². The highest BCUT2D eigenvalue weighted by molar-refractivity contribution is 6.32. The lowest BCUT2D eigenvalue weighted by molar-refractivity contribution is -0.139. The number of esters is 1. The number of halogens is 2. The van der Waals surface area contributed by atoms with Crippen molar-refractivity contribution in [2.75, 3.05) is 6.61 Å². The van der Waals surface area contributed by atoms with E-state index < -0.39 is 24.1 Å². The highest BCUT2D eigenvalue weighted by Crippen LogP contribution is 2.58. The minimum Gasteiger partial charge on any atom is -0.506 e. The third kappa shape index (κ3) is 2.81. The number of rotatable bonds is 3. The Bertz CT molecular complexity index is 1290. The zero-order chi connectivity index (χ0) is 21.9. The molecule has 5 rings (SSSR count). The summed E-state index contributed by atoms with van der Waals surface area (Å²) < 4.78 is 17.2. The molecule has 1 spiro atoms. The number of aliphatic carboxylic acids is 1. The second kappa shape index (κ2) is 6.80. The van der Waals surface area contributed by atoms with E-state index in [1.807, 2.05) is 0 Å². The lowest BCUT2D eigenvalue weighted by atomic mass is 9.77. The number of carboxylic acids is 1. The molecule has 3 aromatic rings. The fourth-order valence-corrected chi connectivity index (χ4v) is 4.31. The maximum atomic E-state index is 12.8. The van der Waals surface area contributed by atoms with E-state index in [4.69, 9.17) is 42.5 Å². The maximum absolute atomic E-state index is 12.8. The topological polar surface area (TPSA) is 102 Å². The van der Waals surface area contributed by atoms with Crippen LogP contribution >= 0.6 is 23.2 Å². The van der Waals surface area contributed by atoms with Crippen LogP contribution in [0.4, 0.5) is 0 Å². The van der Waals surface area contributed by atoms with Crippen LogP contribution in [0.5, 0.6) is 23.0 Å². The minimum absolute atomic E-state index is 0.0538. The van der Waals surface area contributed by atoms with Crippen LogP contribution in [-0.2, 0) is 15.1 Å².